The first-order valence-electron chi connectivity index (χ1n) is 11.1. The van der Waals surface area contributed by atoms with E-state index >= 15 is 0 Å². The first-order valence-corrected chi connectivity index (χ1v) is 11.1. The van der Waals surface area contributed by atoms with Crippen molar-refractivity contribution in [3.8, 4) is 5.75 Å². The number of rotatable bonds is 5. The van der Waals surface area contributed by atoms with Crippen LogP contribution in [0.4, 0.5) is 8.78 Å². The molecule has 3 heterocycles. The molecule has 8 nitrogen and oxygen atoms in total. The van der Waals surface area contributed by atoms with Crippen molar-refractivity contribution in [3.05, 3.63) is 87.2 Å². The van der Waals surface area contributed by atoms with Gasteiger partial charge in [-0.1, -0.05) is 6.07 Å². The van der Waals surface area contributed by atoms with Crippen LogP contribution in [-0.2, 0) is 13.0 Å². The van der Waals surface area contributed by atoms with Gasteiger partial charge in [-0.05, 0) is 31.2 Å². The Labute approximate surface area is 200 Å². The zero-order valence-electron chi connectivity index (χ0n) is 19.6. The molecule has 0 radical (unpaired) electrons. The zero-order valence-corrected chi connectivity index (χ0v) is 19.6. The van der Waals surface area contributed by atoms with Crippen molar-refractivity contribution in [2.24, 2.45) is 0 Å². The summed E-state index contributed by atoms with van der Waals surface area (Å²) in [7, 11) is 2.98. The van der Waals surface area contributed by atoms with Crippen LogP contribution in [0.2, 0.25) is 0 Å². The van der Waals surface area contributed by atoms with Crippen LogP contribution in [0.3, 0.4) is 0 Å². The maximum absolute atomic E-state index is 14.2. The fourth-order valence-corrected chi connectivity index (χ4v) is 4.28. The van der Waals surface area contributed by atoms with E-state index in [2.05, 4.69) is 0 Å². The smallest absolute Gasteiger partial charge is 0.259 e. The Morgan fingerprint density at radius 2 is 1.80 bits per heavy atom. The summed E-state index contributed by atoms with van der Waals surface area (Å²) in [5.74, 6) is -2.42. The summed E-state index contributed by atoms with van der Waals surface area (Å²) in [6.45, 7) is 1.95. The standard InChI is InChI=1S/C25H25F2N3O5/c1-15(19-8-5-13-35-19)28(2)24(32)23-18-9-10-29(11-12-30(18)21(31)14-20(23)34-3)25(33)22-16(26)6-4-7-17(22)27/h4-8,13-15H,9-12H2,1-3H3. The number of benzene rings is 1. The van der Waals surface area contributed by atoms with Crippen molar-refractivity contribution in [1.82, 2.24) is 14.4 Å². The first kappa shape index (κ1) is 24.2. The second-order valence-corrected chi connectivity index (χ2v) is 8.27. The van der Waals surface area contributed by atoms with E-state index in [4.69, 9.17) is 9.15 Å². The van der Waals surface area contributed by atoms with Crippen molar-refractivity contribution in [3.63, 3.8) is 0 Å². The number of pyridine rings is 1. The molecule has 2 aromatic heterocycles. The van der Waals surface area contributed by atoms with Crippen LogP contribution in [0.1, 0.15) is 45.1 Å². The normalized spacial score (nSPS) is 14.1. The van der Waals surface area contributed by atoms with E-state index in [0.717, 1.165) is 12.1 Å². The molecule has 0 bridgehead atoms. The van der Waals surface area contributed by atoms with Gasteiger partial charge in [0.25, 0.3) is 17.4 Å². The van der Waals surface area contributed by atoms with Gasteiger partial charge in [0.1, 0.15) is 34.3 Å². The van der Waals surface area contributed by atoms with Gasteiger partial charge >= 0.3 is 0 Å². The Morgan fingerprint density at radius 3 is 2.43 bits per heavy atom. The Balaban J connectivity index is 1.69. The van der Waals surface area contributed by atoms with E-state index in [1.807, 2.05) is 0 Å². The number of fused-ring (bicyclic) bond motifs is 1. The maximum Gasteiger partial charge on any atom is 0.259 e. The van der Waals surface area contributed by atoms with Crippen LogP contribution < -0.4 is 10.3 Å². The van der Waals surface area contributed by atoms with Gasteiger partial charge in [0.15, 0.2) is 0 Å². The highest BCUT2D eigenvalue weighted by molar-refractivity contribution is 5.98. The minimum Gasteiger partial charge on any atom is -0.496 e. The van der Waals surface area contributed by atoms with Crippen LogP contribution in [-0.4, -0.2) is 53.4 Å². The van der Waals surface area contributed by atoms with E-state index < -0.39 is 40.6 Å². The molecule has 0 N–H and O–H groups in total. The number of hydrogen-bond acceptors (Lipinski definition) is 5. The summed E-state index contributed by atoms with van der Waals surface area (Å²) in [6, 6.07) is 7.54. The Bertz CT molecular complexity index is 1300. The van der Waals surface area contributed by atoms with Gasteiger partial charge in [0, 0.05) is 44.9 Å². The van der Waals surface area contributed by atoms with E-state index in [1.165, 1.54) is 39.9 Å². The fourth-order valence-electron chi connectivity index (χ4n) is 4.28. The van der Waals surface area contributed by atoms with E-state index in [-0.39, 0.29) is 37.4 Å². The van der Waals surface area contributed by atoms with Crippen LogP contribution in [0, 0.1) is 11.6 Å². The highest BCUT2D eigenvalue weighted by atomic mass is 19.1. The molecule has 0 fully saturated rings. The van der Waals surface area contributed by atoms with Crippen molar-refractivity contribution >= 4 is 11.8 Å². The second-order valence-electron chi connectivity index (χ2n) is 8.27. The quantitative estimate of drug-likeness (QED) is 0.554. The molecule has 1 aliphatic rings. The number of aromatic nitrogens is 1. The number of amides is 2. The summed E-state index contributed by atoms with van der Waals surface area (Å²) < 4.78 is 40.7. The lowest BCUT2D eigenvalue weighted by Gasteiger charge is -2.26. The molecule has 1 aromatic carbocycles. The van der Waals surface area contributed by atoms with E-state index in [0.29, 0.717) is 11.5 Å². The van der Waals surface area contributed by atoms with Crippen molar-refractivity contribution in [1.29, 1.82) is 0 Å². The molecule has 1 atom stereocenters. The molecule has 0 spiro atoms. The second kappa shape index (κ2) is 9.73. The summed E-state index contributed by atoms with van der Waals surface area (Å²) in [5, 5.41) is 0. The monoisotopic (exact) mass is 485 g/mol. The predicted molar refractivity (Wildman–Crippen MR) is 122 cm³/mol. The minimum absolute atomic E-state index is 0.0398. The van der Waals surface area contributed by atoms with E-state index in [1.54, 1.807) is 26.1 Å². The molecule has 35 heavy (non-hydrogen) atoms. The van der Waals surface area contributed by atoms with Gasteiger partial charge in [0.05, 0.1) is 19.4 Å². The average Bonchev–Trinajstić information content (AvgIpc) is 3.29. The highest BCUT2D eigenvalue weighted by Gasteiger charge is 2.31. The first-order chi connectivity index (χ1) is 16.7. The molecule has 1 unspecified atom stereocenters. The SMILES string of the molecule is COc1cc(=O)n2c(c1C(=O)N(C)C(C)c1ccco1)CCN(C(=O)c1c(F)cccc1F)CC2. The zero-order chi connectivity index (χ0) is 25.3. The average molecular weight is 485 g/mol. The minimum atomic E-state index is -0.958. The van der Waals surface area contributed by atoms with Crippen molar-refractivity contribution < 1.29 is 27.5 Å². The summed E-state index contributed by atoms with van der Waals surface area (Å²) in [5.41, 5.74) is -0.463. The molecule has 0 aliphatic carbocycles. The van der Waals surface area contributed by atoms with Crippen molar-refractivity contribution in [2.75, 3.05) is 27.2 Å². The Morgan fingerprint density at radius 1 is 1.09 bits per heavy atom. The molecule has 0 saturated carbocycles. The third-order valence-electron chi connectivity index (χ3n) is 6.35. The van der Waals surface area contributed by atoms with Crippen LogP contribution >= 0.6 is 0 Å². The summed E-state index contributed by atoms with van der Waals surface area (Å²) in [6.07, 6.45) is 1.63. The van der Waals surface area contributed by atoms with Crippen molar-refractivity contribution in [2.45, 2.75) is 25.9 Å². The third kappa shape index (κ3) is 4.43. The molecule has 1 aliphatic heterocycles. The number of furan rings is 1. The summed E-state index contributed by atoms with van der Waals surface area (Å²) in [4.78, 5) is 42.1. The Hall–Kier alpha value is -3.95. The molecule has 0 saturated heterocycles. The topological polar surface area (TPSA) is 85.0 Å². The molecule has 3 aromatic rings. The largest absolute Gasteiger partial charge is 0.496 e. The van der Waals surface area contributed by atoms with Gasteiger partial charge in [0.2, 0.25) is 0 Å². The van der Waals surface area contributed by atoms with Gasteiger partial charge in [-0.2, -0.15) is 0 Å². The maximum atomic E-state index is 14.2. The Kier molecular flexibility index (Phi) is 6.72. The number of carbonyl (C=O) groups excluding carboxylic acids is 2. The van der Waals surface area contributed by atoms with E-state index in [9.17, 15) is 23.2 Å². The molecule has 10 heteroatoms. The molecular formula is C25H25F2N3O5. The van der Waals surface area contributed by atoms with Crippen LogP contribution in [0.5, 0.6) is 5.75 Å². The lowest BCUT2D eigenvalue weighted by molar-refractivity contribution is 0.0719. The summed E-state index contributed by atoms with van der Waals surface area (Å²) >= 11 is 0. The number of halogens is 2. The molecule has 184 valence electrons. The number of ether oxygens (including phenoxy) is 1. The third-order valence-corrected chi connectivity index (χ3v) is 6.35. The number of carbonyl (C=O) groups is 2. The number of methoxy groups -OCH3 is 1. The highest BCUT2D eigenvalue weighted by Crippen LogP contribution is 2.28. The van der Waals surface area contributed by atoms with Crippen LogP contribution in [0.25, 0.3) is 0 Å². The fraction of sp³-hybridized carbons (Fsp3) is 0.320. The number of nitrogens with zero attached hydrogens (tertiary/aromatic N) is 3. The lowest BCUT2D eigenvalue weighted by atomic mass is 10.1. The molecule has 2 amide bonds. The molecule has 4 rings (SSSR count). The number of hydrogen-bond donors (Lipinski definition) is 0. The van der Waals surface area contributed by atoms with Crippen LogP contribution in [0.15, 0.2) is 51.9 Å². The van der Waals surface area contributed by atoms with Gasteiger partial charge in [-0.3, -0.25) is 14.4 Å². The van der Waals surface area contributed by atoms with Gasteiger partial charge in [-0.25, -0.2) is 8.78 Å². The lowest BCUT2D eigenvalue weighted by Crippen LogP contribution is -2.35. The van der Waals surface area contributed by atoms with Gasteiger partial charge < -0.3 is 23.5 Å². The molecular weight excluding hydrogens is 460 g/mol. The van der Waals surface area contributed by atoms with Gasteiger partial charge in [-0.15, -0.1) is 0 Å². The predicted octanol–water partition coefficient (Wildman–Crippen LogP) is 3.26.